The van der Waals surface area contributed by atoms with Gasteiger partial charge in [-0.1, -0.05) is 18.2 Å². The second kappa shape index (κ2) is 7.44. The summed E-state index contributed by atoms with van der Waals surface area (Å²) in [6.07, 6.45) is 0.560. The highest BCUT2D eigenvalue weighted by Gasteiger charge is 2.42. The number of methoxy groups -OCH3 is 1. The van der Waals surface area contributed by atoms with Crippen molar-refractivity contribution in [1.29, 1.82) is 0 Å². The molecular weight excluding hydrogens is 384 g/mol. The number of rotatable bonds is 5. The van der Waals surface area contributed by atoms with Crippen LogP contribution in [0, 0.1) is 0 Å². The normalized spacial score (nSPS) is 19.8. The molecular formula is C23H22N2O3S. The Hall–Kier alpha value is -2.99. The third-order valence-electron chi connectivity index (χ3n) is 5.29. The molecule has 0 radical (unpaired) electrons. The fraction of sp³-hybridized carbons (Fsp3) is 0.261. The van der Waals surface area contributed by atoms with Crippen LogP contribution in [0.5, 0.6) is 17.2 Å². The lowest BCUT2D eigenvalue weighted by atomic mass is 9.96. The van der Waals surface area contributed by atoms with Gasteiger partial charge in [0.1, 0.15) is 5.75 Å². The van der Waals surface area contributed by atoms with E-state index < -0.39 is 0 Å². The molecule has 0 amide bonds. The lowest BCUT2D eigenvalue weighted by Crippen LogP contribution is -2.33. The Morgan fingerprint density at radius 1 is 1.14 bits per heavy atom. The highest BCUT2D eigenvalue weighted by Crippen LogP contribution is 2.51. The van der Waals surface area contributed by atoms with Crippen molar-refractivity contribution in [2.24, 2.45) is 5.10 Å². The molecule has 29 heavy (non-hydrogen) atoms. The molecule has 5 rings (SSSR count). The summed E-state index contributed by atoms with van der Waals surface area (Å²) in [7, 11) is 1.68. The summed E-state index contributed by atoms with van der Waals surface area (Å²) in [5.74, 6) is 2.47. The summed E-state index contributed by atoms with van der Waals surface area (Å²) >= 11 is 1.68. The molecule has 3 aromatic rings. The summed E-state index contributed by atoms with van der Waals surface area (Å²) in [6, 6.07) is 18.5. The van der Waals surface area contributed by atoms with E-state index >= 15 is 0 Å². The fourth-order valence-corrected chi connectivity index (χ4v) is 4.67. The Morgan fingerprint density at radius 2 is 2.00 bits per heavy atom. The van der Waals surface area contributed by atoms with Gasteiger partial charge in [0.15, 0.2) is 11.5 Å². The van der Waals surface area contributed by atoms with Crippen LogP contribution >= 0.6 is 11.3 Å². The smallest absolute Gasteiger partial charge is 0.223 e. The van der Waals surface area contributed by atoms with Crippen LogP contribution in [-0.2, 0) is 0 Å². The number of hydrogen-bond acceptors (Lipinski definition) is 6. The molecule has 2 aromatic carbocycles. The molecule has 0 unspecified atom stereocenters. The van der Waals surface area contributed by atoms with Crippen LogP contribution < -0.4 is 14.2 Å². The van der Waals surface area contributed by atoms with Gasteiger partial charge in [0.25, 0.3) is 0 Å². The van der Waals surface area contributed by atoms with Crippen LogP contribution in [0.4, 0.5) is 0 Å². The highest BCUT2D eigenvalue weighted by atomic mass is 32.1. The SMILES string of the molecule is CCOc1cccc2c1O[C@@H](c1cccs1)N1N=C(c3ccc(OC)cc3)C[C@@H]21. The second-order valence-corrected chi connectivity index (χ2v) is 7.95. The minimum atomic E-state index is -0.259. The first kappa shape index (κ1) is 18.1. The van der Waals surface area contributed by atoms with E-state index in [1.165, 1.54) is 0 Å². The first-order chi connectivity index (χ1) is 14.3. The average Bonchev–Trinajstić information content (AvgIpc) is 3.44. The van der Waals surface area contributed by atoms with Gasteiger partial charge in [-0.25, -0.2) is 5.01 Å². The molecule has 3 heterocycles. The molecule has 0 saturated heterocycles. The van der Waals surface area contributed by atoms with E-state index in [-0.39, 0.29) is 12.3 Å². The van der Waals surface area contributed by atoms with E-state index in [4.69, 9.17) is 19.3 Å². The van der Waals surface area contributed by atoms with Crippen LogP contribution in [-0.4, -0.2) is 24.4 Å². The summed E-state index contributed by atoms with van der Waals surface area (Å²) in [6.45, 7) is 2.59. The Labute approximate surface area is 174 Å². The third kappa shape index (κ3) is 3.13. The number of hydrogen-bond donors (Lipinski definition) is 0. The first-order valence-electron chi connectivity index (χ1n) is 9.74. The summed E-state index contributed by atoms with van der Waals surface area (Å²) in [5, 5.41) is 9.17. The average molecular weight is 407 g/mol. The first-order valence-corrected chi connectivity index (χ1v) is 10.6. The van der Waals surface area contributed by atoms with Crippen molar-refractivity contribution in [2.45, 2.75) is 25.6 Å². The molecule has 0 saturated carbocycles. The van der Waals surface area contributed by atoms with Gasteiger partial charge in [0.05, 0.1) is 30.3 Å². The van der Waals surface area contributed by atoms with Gasteiger partial charge >= 0.3 is 0 Å². The van der Waals surface area contributed by atoms with E-state index in [9.17, 15) is 0 Å². The fourth-order valence-electron chi connectivity index (χ4n) is 3.93. The standard InChI is InChI=1S/C23H22N2O3S/c1-3-27-20-7-4-6-17-19-14-18(15-9-11-16(26-2)12-10-15)24-25(19)23(28-22(17)20)21-8-5-13-29-21/h4-13,19,23H,3,14H2,1-2H3/t19-,23-/m0/s1. The topological polar surface area (TPSA) is 43.3 Å². The zero-order valence-corrected chi connectivity index (χ0v) is 17.2. The number of fused-ring (bicyclic) bond motifs is 3. The minimum Gasteiger partial charge on any atom is -0.497 e. The van der Waals surface area contributed by atoms with Crippen LogP contribution in [0.15, 0.2) is 65.1 Å². The number of hydrazone groups is 1. The molecule has 0 aliphatic carbocycles. The molecule has 148 valence electrons. The van der Waals surface area contributed by atoms with Crippen molar-refractivity contribution < 1.29 is 14.2 Å². The Kier molecular flexibility index (Phi) is 4.64. The van der Waals surface area contributed by atoms with Gasteiger partial charge in [-0.15, -0.1) is 11.3 Å². The molecule has 0 N–H and O–H groups in total. The quantitative estimate of drug-likeness (QED) is 0.569. The van der Waals surface area contributed by atoms with E-state index in [0.29, 0.717) is 6.61 Å². The van der Waals surface area contributed by atoms with E-state index in [1.54, 1.807) is 18.4 Å². The van der Waals surface area contributed by atoms with Crippen molar-refractivity contribution >= 4 is 17.0 Å². The van der Waals surface area contributed by atoms with Crippen molar-refractivity contribution in [3.63, 3.8) is 0 Å². The molecule has 0 bridgehead atoms. The van der Waals surface area contributed by atoms with E-state index in [1.807, 2.05) is 37.3 Å². The number of thiophene rings is 1. The van der Waals surface area contributed by atoms with Gasteiger partial charge < -0.3 is 14.2 Å². The van der Waals surface area contributed by atoms with Gasteiger partial charge in [0, 0.05) is 12.0 Å². The Morgan fingerprint density at radius 3 is 2.72 bits per heavy atom. The molecule has 5 nitrogen and oxygen atoms in total. The summed E-state index contributed by atoms with van der Waals surface area (Å²) in [5.41, 5.74) is 3.28. The van der Waals surface area contributed by atoms with Crippen molar-refractivity contribution in [3.05, 3.63) is 76.0 Å². The van der Waals surface area contributed by atoms with Crippen LogP contribution in [0.25, 0.3) is 0 Å². The molecule has 2 atom stereocenters. The van der Waals surface area contributed by atoms with Crippen LogP contribution in [0.3, 0.4) is 0 Å². The van der Waals surface area contributed by atoms with Crippen molar-refractivity contribution in [2.75, 3.05) is 13.7 Å². The third-order valence-corrected chi connectivity index (χ3v) is 6.19. The van der Waals surface area contributed by atoms with Gasteiger partial charge in [0.2, 0.25) is 6.23 Å². The van der Waals surface area contributed by atoms with E-state index in [2.05, 4.69) is 34.7 Å². The van der Waals surface area contributed by atoms with Crippen molar-refractivity contribution in [3.8, 4) is 17.2 Å². The maximum atomic E-state index is 6.48. The Balaban J connectivity index is 1.57. The number of ether oxygens (including phenoxy) is 3. The van der Waals surface area contributed by atoms with Crippen molar-refractivity contribution in [1.82, 2.24) is 5.01 Å². The molecule has 1 aromatic heterocycles. The molecule has 2 aliphatic heterocycles. The Bertz CT molecular complexity index is 1030. The zero-order valence-electron chi connectivity index (χ0n) is 16.4. The predicted molar refractivity (Wildman–Crippen MR) is 114 cm³/mol. The molecule has 2 aliphatic rings. The van der Waals surface area contributed by atoms with Crippen LogP contribution in [0.2, 0.25) is 0 Å². The van der Waals surface area contributed by atoms with Gasteiger partial charge in [-0.2, -0.15) is 5.10 Å². The van der Waals surface area contributed by atoms with Gasteiger partial charge in [-0.3, -0.25) is 0 Å². The van der Waals surface area contributed by atoms with Crippen LogP contribution in [0.1, 0.15) is 41.6 Å². The maximum absolute atomic E-state index is 6.48. The van der Waals surface area contributed by atoms with Gasteiger partial charge in [-0.05, 0) is 54.3 Å². The summed E-state index contributed by atoms with van der Waals surface area (Å²) in [4.78, 5) is 1.13. The molecule has 0 fully saturated rings. The zero-order chi connectivity index (χ0) is 19.8. The monoisotopic (exact) mass is 406 g/mol. The number of para-hydroxylation sites is 1. The maximum Gasteiger partial charge on any atom is 0.223 e. The molecule has 6 heteroatoms. The number of benzene rings is 2. The number of nitrogens with zero attached hydrogens (tertiary/aromatic N) is 2. The largest absolute Gasteiger partial charge is 0.497 e. The second-order valence-electron chi connectivity index (χ2n) is 6.97. The highest BCUT2D eigenvalue weighted by molar-refractivity contribution is 7.10. The molecule has 0 spiro atoms. The predicted octanol–water partition coefficient (Wildman–Crippen LogP) is 5.40. The lowest BCUT2D eigenvalue weighted by Gasteiger charge is -2.38. The minimum absolute atomic E-state index is 0.114. The van der Waals surface area contributed by atoms with E-state index in [0.717, 1.165) is 45.4 Å². The summed E-state index contributed by atoms with van der Waals surface area (Å²) < 4.78 is 17.6. The lowest BCUT2D eigenvalue weighted by molar-refractivity contribution is -0.0188.